The maximum absolute atomic E-state index is 13.1. The molecule has 0 unspecified atom stereocenters. The van der Waals surface area contributed by atoms with Crippen LogP contribution in [-0.2, 0) is 6.42 Å². The number of hydrogen-bond donors (Lipinski definition) is 1. The van der Waals surface area contributed by atoms with Crippen LogP contribution in [0.1, 0.15) is 21.5 Å². The fourth-order valence-electron chi connectivity index (χ4n) is 4.66. The van der Waals surface area contributed by atoms with E-state index in [1.807, 2.05) is 84.0 Å². The lowest BCUT2D eigenvalue weighted by Gasteiger charge is -2.34. The predicted octanol–water partition coefficient (Wildman–Crippen LogP) is 4.72. The van der Waals surface area contributed by atoms with Gasteiger partial charge in [-0.1, -0.05) is 42.5 Å². The number of benzene rings is 3. The van der Waals surface area contributed by atoms with E-state index in [4.69, 9.17) is 0 Å². The minimum Gasteiger partial charge on any atom is -0.340 e. The number of carbonyl (C=O) groups is 1. The van der Waals surface area contributed by atoms with E-state index < -0.39 is 0 Å². The maximum atomic E-state index is 13.1. The number of piperazine rings is 1. The summed E-state index contributed by atoms with van der Waals surface area (Å²) in [6.45, 7) is 2.65. The van der Waals surface area contributed by atoms with Crippen LogP contribution in [0.5, 0.6) is 0 Å². The second-order valence-corrected chi connectivity index (χ2v) is 9.27. The summed E-state index contributed by atoms with van der Waals surface area (Å²) in [5.41, 5.74) is 4.73. The molecule has 8 nitrogen and oxygen atoms in total. The van der Waals surface area contributed by atoms with Gasteiger partial charge in [0, 0.05) is 61.6 Å². The van der Waals surface area contributed by atoms with Crippen LogP contribution in [0.15, 0.2) is 97.6 Å². The third-order valence-corrected chi connectivity index (χ3v) is 6.73. The summed E-state index contributed by atoms with van der Waals surface area (Å²) in [7, 11) is 0. The number of aromatic nitrogens is 4. The first-order chi connectivity index (χ1) is 18.7. The fraction of sp³-hybridized carbons (Fsp3) is 0.167. The molecule has 2 aromatic heterocycles. The first-order valence-electron chi connectivity index (χ1n) is 12.7. The molecule has 1 amide bonds. The highest BCUT2D eigenvalue weighted by molar-refractivity contribution is 5.95. The monoisotopic (exact) mass is 501 g/mol. The minimum absolute atomic E-state index is 0.0304. The summed E-state index contributed by atoms with van der Waals surface area (Å²) in [5, 5.41) is 4.28. The molecule has 1 aliphatic rings. The number of nitrogens with one attached hydrogen (secondary N) is 1. The molecule has 5 aromatic rings. The molecule has 1 fully saturated rings. The average molecular weight is 502 g/mol. The van der Waals surface area contributed by atoms with Gasteiger partial charge in [0.15, 0.2) is 0 Å². The van der Waals surface area contributed by atoms with Gasteiger partial charge in [-0.05, 0) is 47.5 Å². The van der Waals surface area contributed by atoms with Gasteiger partial charge in [0.05, 0.1) is 5.52 Å². The highest BCUT2D eigenvalue weighted by atomic mass is 16.2. The van der Waals surface area contributed by atoms with Gasteiger partial charge >= 0.3 is 0 Å². The number of carbonyl (C=O) groups excluding carboxylic acids is 1. The summed E-state index contributed by atoms with van der Waals surface area (Å²) in [4.78, 5) is 35.0. The van der Waals surface area contributed by atoms with E-state index in [9.17, 15) is 4.79 Å². The molecular weight excluding hydrogens is 474 g/mol. The molecule has 0 radical (unpaired) electrons. The molecule has 1 aliphatic heterocycles. The Kier molecular flexibility index (Phi) is 6.59. The summed E-state index contributed by atoms with van der Waals surface area (Å²) < 4.78 is 0. The van der Waals surface area contributed by atoms with Crippen LogP contribution >= 0.6 is 0 Å². The molecule has 38 heavy (non-hydrogen) atoms. The van der Waals surface area contributed by atoms with Crippen molar-refractivity contribution in [1.82, 2.24) is 24.8 Å². The molecule has 6 rings (SSSR count). The van der Waals surface area contributed by atoms with Crippen molar-refractivity contribution in [3.8, 4) is 0 Å². The third kappa shape index (κ3) is 5.15. The lowest BCUT2D eigenvalue weighted by atomic mass is 10.1. The van der Waals surface area contributed by atoms with E-state index in [2.05, 4.69) is 42.3 Å². The highest BCUT2D eigenvalue weighted by Crippen LogP contribution is 2.23. The Morgan fingerprint density at radius 3 is 2.21 bits per heavy atom. The lowest BCUT2D eigenvalue weighted by molar-refractivity contribution is 0.0746. The van der Waals surface area contributed by atoms with Gasteiger partial charge in [0.2, 0.25) is 5.95 Å². The van der Waals surface area contributed by atoms with Crippen molar-refractivity contribution in [1.29, 1.82) is 0 Å². The lowest BCUT2D eigenvalue weighted by Crippen LogP contribution is -2.49. The fourth-order valence-corrected chi connectivity index (χ4v) is 4.66. The zero-order chi connectivity index (χ0) is 25.7. The summed E-state index contributed by atoms with van der Waals surface area (Å²) in [6.07, 6.45) is 6.15. The van der Waals surface area contributed by atoms with Crippen LogP contribution in [0.25, 0.3) is 10.9 Å². The molecule has 188 valence electrons. The van der Waals surface area contributed by atoms with Gasteiger partial charge in [0.25, 0.3) is 5.91 Å². The molecule has 0 aliphatic carbocycles. The van der Waals surface area contributed by atoms with Gasteiger partial charge in [-0.3, -0.25) is 4.79 Å². The zero-order valence-corrected chi connectivity index (χ0v) is 20.9. The van der Waals surface area contributed by atoms with Gasteiger partial charge in [-0.25, -0.2) is 19.9 Å². The molecule has 8 heteroatoms. The maximum Gasteiger partial charge on any atom is 0.253 e. The Balaban J connectivity index is 1.05. The van der Waals surface area contributed by atoms with E-state index in [1.165, 1.54) is 5.56 Å². The van der Waals surface area contributed by atoms with Gasteiger partial charge in [0.1, 0.15) is 12.1 Å². The number of para-hydroxylation sites is 1. The van der Waals surface area contributed by atoms with Crippen LogP contribution < -0.4 is 10.2 Å². The van der Waals surface area contributed by atoms with Crippen molar-refractivity contribution in [3.63, 3.8) is 0 Å². The Hall–Kier alpha value is -4.85. The highest BCUT2D eigenvalue weighted by Gasteiger charge is 2.23. The SMILES string of the molecule is O=C(c1ccc(Nc2ncnc3ccccc23)cc1)N1CCN(c2ncc(Cc3ccccc3)cn2)CC1. The largest absolute Gasteiger partial charge is 0.340 e. The number of fused-ring (bicyclic) bond motifs is 1. The van der Waals surface area contributed by atoms with Crippen LogP contribution in [0, 0.1) is 0 Å². The second-order valence-electron chi connectivity index (χ2n) is 9.27. The van der Waals surface area contributed by atoms with Crippen molar-refractivity contribution in [2.24, 2.45) is 0 Å². The van der Waals surface area contributed by atoms with Crippen molar-refractivity contribution in [3.05, 3.63) is 114 Å². The van der Waals surface area contributed by atoms with Crippen molar-refractivity contribution in [2.75, 3.05) is 36.4 Å². The van der Waals surface area contributed by atoms with Crippen LogP contribution in [0.2, 0.25) is 0 Å². The van der Waals surface area contributed by atoms with Gasteiger partial charge in [-0.2, -0.15) is 0 Å². The molecule has 0 spiro atoms. The van der Waals surface area contributed by atoms with E-state index in [0.29, 0.717) is 37.7 Å². The minimum atomic E-state index is 0.0304. The normalized spacial score (nSPS) is 13.5. The summed E-state index contributed by atoms with van der Waals surface area (Å²) in [6, 6.07) is 25.7. The molecule has 0 atom stereocenters. The van der Waals surface area contributed by atoms with Crippen LogP contribution in [0.4, 0.5) is 17.5 Å². The topological polar surface area (TPSA) is 87.1 Å². The van der Waals surface area contributed by atoms with Crippen molar-refractivity contribution < 1.29 is 4.79 Å². The number of nitrogens with zero attached hydrogens (tertiary/aromatic N) is 6. The van der Waals surface area contributed by atoms with Gasteiger partial charge in [-0.15, -0.1) is 0 Å². The third-order valence-electron chi connectivity index (χ3n) is 6.73. The number of hydrogen-bond acceptors (Lipinski definition) is 7. The molecule has 3 aromatic carbocycles. The van der Waals surface area contributed by atoms with E-state index in [0.717, 1.165) is 34.4 Å². The average Bonchev–Trinajstić information content (AvgIpc) is 2.98. The van der Waals surface area contributed by atoms with E-state index in [1.54, 1.807) is 6.33 Å². The second kappa shape index (κ2) is 10.6. The summed E-state index contributed by atoms with van der Waals surface area (Å²) >= 11 is 0. The quantitative estimate of drug-likeness (QED) is 0.360. The number of anilines is 3. The Labute approximate surface area is 221 Å². The first kappa shape index (κ1) is 23.5. The molecule has 0 bridgehead atoms. The summed E-state index contributed by atoms with van der Waals surface area (Å²) in [5.74, 6) is 1.48. The molecule has 3 heterocycles. The first-order valence-corrected chi connectivity index (χ1v) is 12.7. The Bertz CT molecular complexity index is 1530. The molecule has 0 saturated carbocycles. The van der Waals surface area contributed by atoms with Gasteiger partial charge < -0.3 is 15.1 Å². The molecule has 1 saturated heterocycles. The van der Waals surface area contributed by atoms with Crippen LogP contribution in [0.3, 0.4) is 0 Å². The Morgan fingerprint density at radius 1 is 0.737 bits per heavy atom. The standard InChI is InChI=1S/C30H27N7O/c38-29(24-10-12-25(13-11-24)35-28-26-8-4-5-9-27(26)33-21-34-28)36-14-16-37(17-15-36)30-31-19-23(20-32-30)18-22-6-2-1-3-7-22/h1-13,19-21H,14-18H2,(H,33,34,35). The van der Waals surface area contributed by atoms with Crippen molar-refractivity contribution in [2.45, 2.75) is 6.42 Å². The number of amides is 1. The zero-order valence-electron chi connectivity index (χ0n) is 20.9. The van der Waals surface area contributed by atoms with E-state index >= 15 is 0 Å². The molecular formula is C30H27N7O. The van der Waals surface area contributed by atoms with Crippen LogP contribution in [-0.4, -0.2) is 56.9 Å². The predicted molar refractivity (Wildman–Crippen MR) is 149 cm³/mol. The Morgan fingerprint density at radius 2 is 1.45 bits per heavy atom. The van der Waals surface area contributed by atoms with E-state index in [-0.39, 0.29) is 5.91 Å². The number of rotatable bonds is 6. The van der Waals surface area contributed by atoms with Crippen molar-refractivity contribution >= 4 is 34.3 Å². The smallest absolute Gasteiger partial charge is 0.253 e. The molecule has 1 N–H and O–H groups in total.